The number of aliphatic imine (C=N–C) groups is 1. The Morgan fingerprint density at radius 2 is 1.88 bits per heavy atom. The van der Waals surface area contributed by atoms with E-state index in [1.165, 1.54) is 18.3 Å². The van der Waals surface area contributed by atoms with Gasteiger partial charge in [-0.25, -0.2) is 13.0 Å². The van der Waals surface area contributed by atoms with Crippen molar-refractivity contribution in [3.63, 3.8) is 0 Å². The Balaban J connectivity index is 1.60. The zero-order valence-corrected chi connectivity index (χ0v) is 26.6. The fraction of sp³-hybridized carbons (Fsp3) is 0.562. The van der Waals surface area contributed by atoms with Crippen molar-refractivity contribution in [3.8, 4) is 6.07 Å². The van der Waals surface area contributed by atoms with Crippen LogP contribution >= 0.6 is 0 Å². The van der Waals surface area contributed by atoms with E-state index in [4.69, 9.17) is 19.4 Å². The average molecular weight is 608 g/mol. The smallest absolute Gasteiger partial charge is 0.312 e. The molecule has 1 spiro atoms. The quantitative estimate of drug-likeness (QED) is 0.316. The summed E-state index contributed by atoms with van der Waals surface area (Å²) in [6, 6.07) is 6.30. The number of rotatable bonds is 6. The van der Waals surface area contributed by atoms with Gasteiger partial charge in [0.05, 0.1) is 44.7 Å². The van der Waals surface area contributed by atoms with Crippen LogP contribution in [0.4, 0.5) is 4.39 Å². The van der Waals surface area contributed by atoms with Crippen LogP contribution in [-0.4, -0.2) is 53.8 Å². The molecule has 0 radical (unpaired) electrons. The van der Waals surface area contributed by atoms with E-state index in [-0.39, 0.29) is 35.4 Å². The highest BCUT2D eigenvalue weighted by molar-refractivity contribution is 7.96. The molecule has 4 heterocycles. The second-order valence-corrected chi connectivity index (χ2v) is 16.7. The molecule has 0 aromatic carbocycles. The lowest BCUT2D eigenvalue weighted by molar-refractivity contribution is -0.153. The number of esters is 1. The van der Waals surface area contributed by atoms with Gasteiger partial charge in [0.25, 0.3) is 0 Å². The monoisotopic (exact) mass is 607 g/mol. The standard InChI is InChI=1S/C32H38FN5O4S/c1-19-12-20(16-34)17-35-27(19)23(39)13-21-8-9-22(33)28(37-21)31(7)25-15-32(10-11-32)18-36-43(25,41)30(5,6)24(38-31)14-26(40)42-29(2,3)4/h8-9,12,17,25H,10-11,13-15,18H2,1-7H3/t25-,31+,43-/m1/s1. The van der Waals surface area contributed by atoms with Crippen LogP contribution in [0, 0.1) is 29.5 Å². The van der Waals surface area contributed by atoms with Gasteiger partial charge >= 0.3 is 5.97 Å². The number of Topliss-reactive ketones (excluding diaryl/α,β-unsaturated/α-hetero) is 1. The summed E-state index contributed by atoms with van der Waals surface area (Å²) in [5.41, 5.74) is -0.483. The zero-order valence-electron chi connectivity index (χ0n) is 25.8. The van der Waals surface area contributed by atoms with Crippen molar-refractivity contribution in [2.45, 2.75) is 102 Å². The van der Waals surface area contributed by atoms with Gasteiger partial charge in [0, 0.05) is 17.6 Å². The highest BCUT2D eigenvalue weighted by atomic mass is 32.2. The molecule has 1 aliphatic carbocycles. The molecule has 0 N–H and O–H groups in total. The molecule has 228 valence electrons. The molecule has 43 heavy (non-hydrogen) atoms. The highest BCUT2D eigenvalue weighted by Gasteiger charge is 2.62. The first kappa shape index (κ1) is 30.9. The maximum absolute atomic E-state index is 15.8. The van der Waals surface area contributed by atoms with Crippen molar-refractivity contribution in [1.82, 2.24) is 9.97 Å². The minimum atomic E-state index is -3.07. The number of ketones is 1. The molecular weight excluding hydrogens is 569 g/mol. The largest absolute Gasteiger partial charge is 0.460 e. The third-order valence-electron chi connectivity index (χ3n) is 8.90. The van der Waals surface area contributed by atoms with E-state index in [0.29, 0.717) is 35.5 Å². The Hall–Kier alpha value is -3.52. The van der Waals surface area contributed by atoms with Gasteiger partial charge in [0.1, 0.15) is 34.4 Å². The number of carbonyl (C=O) groups excluding carboxylic acids is 2. The third-order valence-corrected chi connectivity index (χ3v) is 12.5. The molecule has 3 atom stereocenters. The molecule has 3 aliphatic rings. The van der Waals surface area contributed by atoms with Crippen molar-refractivity contribution in [1.29, 1.82) is 5.26 Å². The lowest BCUT2D eigenvalue weighted by Gasteiger charge is -2.50. The Morgan fingerprint density at radius 1 is 1.19 bits per heavy atom. The van der Waals surface area contributed by atoms with Crippen LogP contribution in [0.5, 0.6) is 0 Å². The Morgan fingerprint density at radius 3 is 2.49 bits per heavy atom. The molecular formula is C32H38FN5O4S. The van der Waals surface area contributed by atoms with Crippen molar-refractivity contribution in [3.05, 3.63) is 58.4 Å². The molecule has 2 aliphatic heterocycles. The SMILES string of the molecule is Cc1cc(C#N)cnc1C(=O)Cc1ccc(F)c([C@@]2(C)N=C(CC(=O)OC(C)(C)C)C(C)(C)[S@@]3(=O)=NCC4(CC4)C[C@H]23)n1. The predicted molar refractivity (Wildman–Crippen MR) is 161 cm³/mol. The third kappa shape index (κ3) is 5.50. The molecule has 11 heteroatoms. The van der Waals surface area contributed by atoms with E-state index >= 15 is 8.60 Å². The summed E-state index contributed by atoms with van der Waals surface area (Å²) in [5, 5.41) is 8.48. The summed E-state index contributed by atoms with van der Waals surface area (Å²) in [4.78, 5) is 40.1. The average Bonchev–Trinajstić information content (AvgIpc) is 3.67. The second kappa shape index (κ2) is 10.3. The van der Waals surface area contributed by atoms with Gasteiger partial charge in [-0.15, -0.1) is 0 Å². The topological polar surface area (TPSA) is 135 Å². The van der Waals surface area contributed by atoms with E-state index in [1.54, 1.807) is 54.5 Å². The number of ether oxygens (including phenoxy) is 1. The first-order valence-corrected chi connectivity index (χ1v) is 16.1. The molecule has 0 bridgehead atoms. The molecule has 0 unspecified atom stereocenters. The predicted octanol–water partition coefficient (Wildman–Crippen LogP) is 5.42. The van der Waals surface area contributed by atoms with Crippen molar-refractivity contribution < 1.29 is 22.9 Å². The van der Waals surface area contributed by atoms with Gasteiger partial charge in [-0.05, 0) is 96.9 Å². The number of aromatic nitrogens is 2. The maximum Gasteiger partial charge on any atom is 0.312 e. The number of hydrogen-bond donors (Lipinski definition) is 0. The Kier molecular flexibility index (Phi) is 7.40. The lowest BCUT2D eigenvalue weighted by Crippen LogP contribution is -2.60. The number of nitrogens with zero attached hydrogens (tertiary/aromatic N) is 5. The minimum Gasteiger partial charge on any atom is -0.460 e. The Bertz CT molecular complexity index is 1720. The maximum atomic E-state index is 15.8. The number of fused-ring (bicyclic) bond motifs is 1. The van der Waals surface area contributed by atoms with E-state index in [2.05, 4.69) is 9.97 Å². The van der Waals surface area contributed by atoms with E-state index < -0.39 is 42.7 Å². The number of nitriles is 1. The van der Waals surface area contributed by atoms with Gasteiger partial charge < -0.3 is 4.74 Å². The summed E-state index contributed by atoms with van der Waals surface area (Å²) in [5.74, 6) is -1.48. The number of hydrogen-bond acceptors (Lipinski definition) is 9. The summed E-state index contributed by atoms with van der Waals surface area (Å²) >= 11 is 0. The summed E-state index contributed by atoms with van der Waals surface area (Å²) in [7, 11) is -3.07. The van der Waals surface area contributed by atoms with Gasteiger partial charge in [-0.1, -0.05) is 0 Å². The van der Waals surface area contributed by atoms with Crippen molar-refractivity contribution in [2.24, 2.45) is 14.8 Å². The second-order valence-electron chi connectivity index (χ2n) is 13.8. The molecule has 9 nitrogen and oxygen atoms in total. The van der Waals surface area contributed by atoms with Crippen LogP contribution in [0.1, 0.15) is 100 Å². The lowest BCUT2D eigenvalue weighted by atomic mass is 9.84. The summed E-state index contributed by atoms with van der Waals surface area (Å²) in [6.45, 7) is 12.8. The van der Waals surface area contributed by atoms with Crippen LogP contribution < -0.4 is 0 Å². The normalized spacial score (nSPS) is 26.9. The molecule has 2 aromatic heterocycles. The van der Waals surface area contributed by atoms with Gasteiger partial charge in [-0.2, -0.15) is 5.26 Å². The zero-order chi connectivity index (χ0) is 31.6. The number of aryl methyl sites for hydroxylation is 1. The Labute approximate surface area is 252 Å². The number of halogens is 1. The van der Waals surface area contributed by atoms with E-state index in [1.807, 2.05) is 6.07 Å². The van der Waals surface area contributed by atoms with Crippen LogP contribution in [0.3, 0.4) is 0 Å². The van der Waals surface area contributed by atoms with Gasteiger partial charge in [0.15, 0.2) is 5.78 Å². The van der Waals surface area contributed by atoms with Crippen LogP contribution in [-0.2, 0) is 31.2 Å². The first-order chi connectivity index (χ1) is 19.9. The molecule has 1 saturated carbocycles. The van der Waals surface area contributed by atoms with Gasteiger partial charge in [0.2, 0.25) is 0 Å². The summed E-state index contributed by atoms with van der Waals surface area (Å²) < 4.78 is 40.2. The minimum absolute atomic E-state index is 0.0230. The highest BCUT2D eigenvalue weighted by Crippen LogP contribution is 2.59. The molecule has 1 fully saturated rings. The molecule has 2 aromatic rings. The summed E-state index contributed by atoms with van der Waals surface area (Å²) in [6.07, 6.45) is 3.43. The molecule has 0 saturated heterocycles. The van der Waals surface area contributed by atoms with Gasteiger partial charge in [-0.3, -0.25) is 24.5 Å². The van der Waals surface area contributed by atoms with Crippen LogP contribution in [0.15, 0.2) is 33.8 Å². The number of pyridine rings is 2. The first-order valence-electron chi connectivity index (χ1n) is 14.5. The fourth-order valence-electron chi connectivity index (χ4n) is 6.20. The molecule has 0 amide bonds. The van der Waals surface area contributed by atoms with E-state index in [9.17, 15) is 9.59 Å². The van der Waals surface area contributed by atoms with Crippen molar-refractivity contribution in [2.75, 3.05) is 6.54 Å². The van der Waals surface area contributed by atoms with Crippen LogP contribution in [0.25, 0.3) is 0 Å². The molecule has 5 rings (SSSR count). The van der Waals surface area contributed by atoms with Crippen LogP contribution in [0.2, 0.25) is 0 Å². The fourth-order valence-corrected chi connectivity index (χ4v) is 9.70. The number of carbonyl (C=O) groups is 2. The van der Waals surface area contributed by atoms with Crippen molar-refractivity contribution >= 4 is 27.2 Å². The van der Waals surface area contributed by atoms with E-state index in [0.717, 1.165) is 12.8 Å².